The Morgan fingerprint density at radius 1 is 1.32 bits per heavy atom. The molecule has 1 aromatic carbocycles. The Bertz CT molecular complexity index is 698. The van der Waals surface area contributed by atoms with Gasteiger partial charge in [0.25, 0.3) is 0 Å². The van der Waals surface area contributed by atoms with E-state index < -0.39 is 0 Å². The van der Waals surface area contributed by atoms with E-state index in [0.29, 0.717) is 17.5 Å². The second kappa shape index (κ2) is 7.90. The van der Waals surface area contributed by atoms with Crippen molar-refractivity contribution in [2.75, 3.05) is 19.0 Å². The molecule has 0 unspecified atom stereocenters. The molecule has 0 fully saturated rings. The van der Waals surface area contributed by atoms with Crippen molar-refractivity contribution in [3.63, 3.8) is 0 Å². The standard InChI is InChI=1S/C15H15N5OS/c1-21-13-5-3-2-4-11(13)6-7-19-15(22)20-14-12(10-16)17-8-9-18-14/h2-5,8-9H,6-7H2,1H3,(H2,18,19,20,22). The van der Waals surface area contributed by atoms with Crippen LogP contribution in [0.15, 0.2) is 36.7 Å². The molecular formula is C15H15N5OS. The van der Waals surface area contributed by atoms with Gasteiger partial charge < -0.3 is 15.4 Å². The predicted octanol–water partition coefficient (Wildman–Crippen LogP) is 1.89. The molecule has 0 aliphatic rings. The van der Waals surface area contributed by atoms with Gasteiger partial charge in [0.1, 0.15) is 11.8 Å². The van der Waals surface area contributed by atoms with Crippen molar-refractivity contribution in [1.82, 2.24) is 15.3 Å². The molecular weight excluding hydrogens is 298 g/mol. The minimum atomic E-state index is 0.205. The van der Waals surface area contributed by atoms with Gasteiger partial charge in [-0.1, -0.05) is 18.2 Å². The fourth-order valence-electron chi connectivity index (χ4n) is 1.88. The molecule has 6 nitrogen and oxygen atoms in total. The van der Waals surface area contributed by atoms with Gasteiger partial charge in [-0.05, 0) is 30.3 Å². The van der Waals surface area contributed by atoms with E-state index in [9.17, 15) is 0 Å². The number of benzene rings is 1. The summed E-state index contributed by atoms with van der Waals surface area (Å²) in [7, 11) is 1.65. The number of hydrogen-bond donors (Lipinski definition) is 2. The van der Waals surface area contributed by atoms with Gasteiger partial charge in [0.05, 0.1) is 7.11 Å². The Morgan fingerprint density at radius 2 is 2.09 bits per heavy atom. The van der Waals surface area contributed by atoms with Crippen LogP contribution < -0.4 is 15.4 Å². The number of nitriles is 1. The summed E-state index contributed by atoms with van der Waals surface area (Å²) in [6.07, 6.45) is 3.72. The Hall–Kier alpha value is -2.72. The van der Waals surface area contributed by atoms with Gasteiger partial charge in [0.15, 0.2) is 16.6 Å². The van der Waals surface area contributed by atoms with Crippen LogP contribution in [0.5, 0.6) is 5.75 Å². The van der Waals surface area contributed by atoms with Crippen molar-refractivity contribution in [3.8, 4) is 11.8 Å². The highest BCUT2D eigenvalue weighted by Gasteiger charge is 2.06. The number of nitrogens with one attached hydrogen (secondary N) is 2. The molecule has 0 aliphatic carbocycles. The lowest BCUT2D eigenvalue weighted by Gasteiger charge is -2.11. The maximum absolute atomic E-state index is 8.94. The van der Waals surface area contributed by atoms with Crippen LogP contribution in [0.1, 0.15) is 11.3 Å². The van der Waals surface area contributed by atoms with E-state index >= 15 is 0 Å². The molecule has 0 amide bonds. The van der Waals surface area contributed by atoms with Crippen molar-refractivity contribution < 1.29 is 4.74 Å². The third-order valence-electron chi connectivity index (χ3n) is 2.91. The Balaban J connectivity index is 1.87. The van der Waals surface area contributed by atoms with Gasteiger partial charge in [-0.25, -0.2) is 9.97 Å². The van der Waals surface area contributed by atoms with Crippen LogP contribution in [0.2, 0.25) is 0 Å². The summed E-state index contributed by atoms with van der Waals surface area (Å²) in [4.78, 5) is 7.95. The average molecular weight is 313 g/mol. The van der Waals surface area contributed by atoms with Crippen LogP contribution in [0, 0.1) is 11.3 Å². The lowest BCUT2D eigenvalue weighted by atomic mass is 10.1. The maximum Gasteiger partial charge on any atom is 0.183 e. The number of nitrogens with zero attached hydrogens (tertiary/aromatic N) is 3. The quantitative estimate of drug-likeness (QED) is 0.816. The minimum Gasteiger partial charge on any atom is -0.496 e. The third kappa shape index (κ3) is 4.14. The summed E-state index contributed by atoms with van der Waals surface area (Å²) in [5.74, 6) is 1.20. The van der Waals surface area contributed by atoms with Crippen molar-refractivity contribution in [2.24, 2.45) is 0 Å². The van der Waals surface area contributed by atoms with E-state index in [0.717, 1.165) is 17.7 Å². The van der Waals surface area contributed by atoms with Crippen LogP contribution >= 0.6 is 12.2 Å². The number of aromatic nitrogens is 2. The van der Waals surface area contributed by atoms with E-state index in [2.05, 4.69) is 20.6 Å². The van der Waals surface area contributed by atoms with Crippen LogP contribution in [0.4, 0.5) is 5.82 Å². The number of anilines is 1. The first-order valence-corrected chi connectivity index (χ1v) is 7.03. The van der Waals surface area contributed by atoms with Gasteiger partial charge in [0.2, 0.25) is 0 Å². The van der Waals surface area contributed by atoms with Gasteiger partial charge in [-0.3, -0.25) is 0 Å². The van der Waals surface area contributed by atoms with Crippen LogP contribution in [0.25, 0.3) is 0 Å². The summed E-state index contributed by atoms with van der Waals surface area (Å²) in [5.41, 5.74) is 1.30. The fourth-order valence-corrected chi connectivity index (χ4v) is 2.08. The van der Waals surface area contributed by atoms with E-state index in [4.69, 9.17) is 22.2 Å². The molecule has 2 aromatic rings. The number of ether oxygens (including phenoxy) is 1. The van der Waals surface area contributed by atoms with Crippen LogP contribution in [0.3, 0.4) is 0 Å². The van der Waals surface area contributed by atoms with Crippen molar-refractivity contribution in [3.05, 3.63) is 47.9 Å². The highest BCUT2D eigenvalue weighted by molar-refractivity contribution is 7.80. The van der Waals surface area contributed by atoms with E-state index in [1.807, 2.05) is 30.3 Å². The molecule has 2 N–H and O–H groups in total. The largest absolute Gasteiger partial charge is 0.496 e. The summed E-state index contributed by atoms with van der Waals surface area (Å²) in [6, 6.07) is 9.78. The highest BCUT2D eigenvalue weighted by Crippen LogP contribution is 2.17. The summed E-state index contributed by atoms with van der Waals surface area (Å²) in [5, 5.41) is 15.3. The average Bonchev–Trinajstić information content (AvgIpc) is 2.55. The second-order valence-electron chi connectivity index (χ2n) is 4.31. The normalized spacial score (nSPS) is 9.64. The number of hydrogen-bond acceptors (Lipinski definition) is 5. The van der Waals surface area contributed by atoms with Crippen molar-refractivity contribution in [1.29, 1.82) is 5.26 Å². The Kier molecular flexibility index (Phi) is 5.63. The van der Waals surface area contributed by atoms with Gasteiger partial charge >= 0.3 is 0 Å². The Morgan fingerprint density at radius 3 is 2.86 bits per heavy atom. The summed E-state index contributed by atoms with van der Waals surface area (Å²) in [6.45, 7) is 0.633. The zero-order chi connectivity index (χ0) is 15.8. The van der Waals surface area contributed by atoms with Crippen molar-refractivity contribution >= 4 is 23.1 Å². The number of thiocarbonyl (C=S) groups is 1. The molecule has 112 valence electrons. The molecule has 0 atom stereocenters. The molecule has 0 saturated heterocycles. The number of rotatable bonds is 5. The topological polar surface area (TPSA) is 82.9 Å². The summed E-state index contributed by atoms with van der Waals surface area (Å²) >= 11 is 5.19. The third-order valence-corrected chi connectivity index (χ3v) is 3.15. The first-order chi connectivity index (χ1) is 10.7. The molecule has 1 heterocycles. The van der Waals surface area contributed by atoms with Crippen LogP contribution in [-0.2, 0) is 6.42 Å². The number of methoxy groups -OCH3 is 1. The van der Waals surface area contributed by atoms with Gasteiger partial charge in [-0.2, -0.15) is 5.26 Å². The molecule has 1 aromatic heterocycles. The highest BCUT2D eigenvalue weighted by atomic mass is 32.1. The molecule has 7 heteroatoms. The molecule has 2 rings (SSSR count). The van der Waals surface area contributed by atoms with Crippen molar-refractivity contribution in [2.45, 2.75) is 6.42 Å². The molecule has 0 radical (unpaired) electrons. The van der Waals surface area contributed by atoms with Crippen LogP contribution in [-0.4, -0.2) is 28.7 Å². The van der Waals surface area contributed by atoms with E-state index in [-0.39, 0.29) is 5.69 Å². The Labute approximate surface area is 134 Å². The monoisotopic (exact) mass is 313 g/mol. The maximum atomic E-state index is 8.94. The van der Waals surface area contributed by atoms with E-state index in [1.54, 1.807) is 7.11 Å². The lowest BCUT2D eigenvalue weighted by Crippen LogP contribution is -2.31. The molecule has 22 heavy (non-hydrogen) atoms. The first-order valence-electron chi connectivity index (χ1n) is 6.62. The molecule has 0 spiro atoms. The molecule has 0 aliphatic heterocycles. The fraction of sp³-hybridized carbons (Fsp3) is 0.200. The second-order valence-corrected chi connectivity index (χ2v) is 4.72. The minimum absolute atomic E-state index is 0.205. The zero-order valence-corrected chi connectivity index (χ0v) is 12.9. The SMILES string of the molecule is COc1ccccc1CCNC(=S)Nc1nccnc1C#N. The van der Waals surface area contributed by atoms with E-state index in [1.165, 1.54) is 12.4 Å². The zero-order valence-electron chi connectivity index (χ0n) is 12.0. The molecule has 0 saturated carbocycles. The molecule has 0 bridgehead atoms. The number of para-hydroxylation sites is 1. The first kappa shape index (κ1) is 15.7. The summed E-state index contributed by atoms with van der Waals surface area (Å²) < 4.78 is 5.30. The van der Waals surface area contributed by atoms with Gasteiger partial charge in [-0.15, -0.1) is 0 Å². The lowest BCUT2D eigenvalue weighted by molar-refractivity contribution is 0.409. The smallest absolute Gasteiger partial charge is 0.183 e. The van der Waals surface area contributed by atoms with Gasteiger partial charge in [0, 0.05) is 18.9 Å². The predicted molar refractivity (Wildman–Crippen MR) is 87.7 cm³/mol.